The van der Waals surface area contributed by atoms with Gasteiger partial charge in [-0.2, -0.15) is 0 Å². The number of furan rings is 1. The molecule has 1 heteroatoms. The van der Waals surface area contributed by atoms with Gasteiger partial charge in [-0.15, -0.1) is 0 Å². The van der Waals surface area contributed by atoms with Crippen LogP contribution in [0.1, 0.15) is 39.8 Å². The fraction of sp³-hybridized carbons (Fsp3) is 0. The third-order valence-electron chi connectivity index (χ3n) is 8.70. The Morgan fingerprint density at radius 2 is 0.843 bits per heavy atom. The first kappa shape index (κ1) is 12.0. The van der Waals surface area contributed by atoms with E-state index in [9.17, 15) is 16.4 Å². The van der Waals surface area contributed by atoms with E-state index in [0.717, 1.165) is 6.07 Å². The van der Waals surface area contributed by atoms with Crippen LogP contribution in [0, 0.1) is 0 Å². The Morgan fingerprint density at radius 1 is 0.333 bits per heavy atom. The van der Waals surface area contributed by atoms with Gasteiger partial charge >= 0.3 is 0 Å². The first-order valence-corrected chi connectivity index (χ1v) is 15.2. The second kappa shape index (κ2) is 10.9. The molecule has 1 heterocycles. The molecule has 0 aliphatic heterocycles. The number of benzene rings is 10. The molecule has 11 aromatic rings. The average molecular weight is 676 g/mol. The molecule has 10 aromatic carbocycles. The lowest BCUT2D eigenvalue weighted by atomic mass is 9.82. The van der Waals surface area contributed by atoms with Gasteiger partial charge in [0, 0.05) is 16.2 Å². The van der Waals surface area contributed by atoms with E-state index >= 15 is 0 Å². The van der Waals surface area contributed by atoms with Gasteiger partial charge in [-0.05, 0) is 106 Å². The summed E-state index contributed by atoms with van der Waals surface area (Å²) in [5.41, 5.74) is -6.02. The second-order valence-electron chi connectivity index (χ2n) is 11.3. The smallest absolute Gasteiger partial charge is 0.143 e. The third kappa shape index (κ3) is 4.16. The van der Waals surface area contributed by atoms with Crippen LogP contribution in [0.15, 0.2) is 186 Å². The molecule has 0 aliphatic rings. The van der Waals surface area contributed by atoms with Crippen LogP contribution in [-0.2, 0) is 0 Å². The minimum Gasteiger partial charge on any atom is -0.455 e. The van der Waals surface area contributed by atoms with Gasteiger partial charge in [-0.1, -0.05) is 157 Å². The molecule has 0 radical (unpaired) electrons. The lowest BCUT2D eigenvalue weighted by Crippen LogP contribution is -1.94. The van der Waals surface area contributed by atoms with Crippen molar-refractivity contribution in [3.8, 4) is 33.4 Å². The molecule has 0 fully saturated rings. The number of hydrogen-bond acceptors (Lipinski definition) is 1. The summed E-state index contributed by atoms with van der Waals surface area (Å²) < 4.78 is 272. The second-order valence-corrected chi connectivity index (χ2v) is 11.3. The molecule has 0 saturated carbocycles. The van der Waals surface area contributed by atoms with Gasteiger partial charge in [0.15, 0.2) is 0 Å². The number of rotatable bonds is 3. The van der Waals surface area contributed by atoms with E-state index in [1.54, 1.807) is 0 Å². The Hall–Kier alpha value is -6.70. The summed E-state index contributed by atoms with van der Waals surface area (Å²) in [5.74, 6) is 0. The third-order valence-corrected chi connectivity index (χ3v) is 8.70. The van der Waals surface area contributed by atoms with E-state index in [-0.39, 0.29) is 10.8 Å². The Morgan fingerprint density at radius 3 is 1.55 bits per heavy atom. The highest BCUT2D eigenvalue weighted by molar-refractivity contribution is 6.26. The van der Waals surface area contributed by atoms with Gasteiger partial charge in [0.05, 0.1) is 39.8 Å². The SMILES string of the molecule is [2H]c1cc2c(c([2H])c1[2H])c([2H])c([2H])c1c2oc2c([2H])c([2H])c([2H])c(-c3c(-c4c5c([2H])c([2H])c([2H])c([2H])c5c(-c5c([2H])c([2H])c([2H])c6c([2H])c([2H])c([2H])c([2H])c56)c5c([2H])c([2H])c([2H])c([2H])c45)c([2H])c4c([2H])c([2H])c([2H])c([2H])c4c3[2H])c21. The average Bonchev–Trinajstić information content (AvgIpc) is 3.94. The van der Waals surface area contributed by atoms with Gasteiger partial charge < -0.3 is 4.42 Å². The van der Waals surface area contributed by atoms with E-state index in [1.807, 2.05) is 0 Å². The molecule has 1 aromatic heterocycles. The van der Waals surface area contributed by atoms with Gasteiger partial charge in [0.25, 0.3) is 0 Å². The molecule has 0 saturated heterocycles. The minimum atomic E-state index is -1.09. The van der Waals surface area contributed by atoms with Crippen molar-refractivity contribution in [2.45, 2.75) is 0 Å². The molecule has 0 N–H and O–H groups in total. The van der Waals surface area contributed by atoms with Gasteiger partial charge in [-0.25, -0.2) is 0 Å². The summed E-state index contributed by atoms with van der Waals surface area (Å²) in [7, 11) is 0. The summed E-state index contributed by atoms with van der Waals surface area (Å²) in [4.78, 5) is 0. The molecule has 0 aliphatic carbocycles. The molecule has 51 heavy (non-hydrogen) atoms. The molecule has 11 rings (SSSR count). The highest BCUT2D eigenvalue weighted by Gasteiger charge is 2.22. The summed E-state index contributed by atoms with van der Waals surface area (Å²) in [6, 6.07) is -26.3. The Bertz CT molecular complexity index is 4780. The van der Waals surface area contributed by atoms with E-state index in [1.165, 1.54) is 0 Å². The summed E-state index contributed by atoms with van der Waals surface area (Å²) in [5, 5.41) is -7.80. The topological polar surface area (TPSA) is 13.1 Å². The van der Waals surface area contributed by atoms with E-state index in [4.69, 9.17) is 27.7 Å². The maximum atomic E-state index is 10.2. The van der Waals surface area contributed by atoms with Crippen molar-refractivity contribution in [3.05, 3.63) is 181 Å². The van der Waals surface area contributed by atoms with E-state index < -0.39 is 274 Å². The van der Waals surface area contributed by atoms with Crippen molar-refractivity contribution in [2.24, 2.45) is 0 Å². The summed E-state index contributed by atoms with van der Waals surface area (Å²) in [6.45, 7) is 0. The molecule has 1 nitrogen and oxygen atoms in total. The van der Waals surface area contributed by atoms with Crippen LogP contribution in [0.3, 0.4) is 0 Å². The largest absolute Gasteiger partial charge is 0.455 e. The van der Waals surface area contributed by atoms with Crippen molar-refractivity contribution in [3.63, 3.8) is 0 Å². The highest BCUT2D eigenvalue weighted by Crippen LogP contribution is 2.49. The Kier molecular flexibility index (Phi) is 2.56. The Balaban J connectivity index is 1.54. The summed E-state index contributed by atoms with van der Waals surface area (Å²) in [6.07, 6.45) is 0. The van der Waals surface area contributed by atoms with Crippen LogP contribution >= 0.6 is 0 Å². The monoisotopic (exact) mass is 675 g/mol. The quantitative estimate of drug-likeness (QED) is 0.170. The highest BCUT2D eigenvalue weighted by atomic mass is 16.3. The molecule has 0 atom stereocenters. The molecule has 0 bridgehead atoms. The molecular formula is C50H30O. The predicted molar refractivity (Wildman–Crippen MR) is 218 cm³/mol. The predicted octanol–water partition coefficient (Wildman–Crippen LogP) is 14.4. The van der Waals surface area contributed by atoms with Gasteiger partial charge in [-0.3, -0.25) is 0 Å². The van der Waals surface area contributed by atoms with Gasteiger partial charge in [0.1, 0.15) is 11.2 Å². The van der Waals surface area contributed by atoms with Crippen LogP contribution in [0.25, 0.3) is 109 Å². The van der Waals surface area contributed by atoms with Crippen LogP contribution in [0.4, 0.5) is 0 Å². The van der Waals surface area contributed by atoms with Crippen LogP contribution in [0.5, 0.6) is 0 Å². The van der Waals surface area contributed by atoms with Crippen LogP contribution < -0.4 is 0 Å². The van der Waals surface area contributed by atoms with Crippen molar-refractivity contribution < 1.29 is 44.2 Å². The van der Waals surface area contributed by atoms with Crippen LogP contribution in [0.2, 0.25) is 0 Å². The first-order valence-electron chi connectivity index (χ1n) is 29.7. The molecule has 0 spiro atoms. The fourth-order valence-electron chi connectivity index (χ4n) is 6.59. The fourth-order valence-corrected chi connectivity index (χ4v) is 6.59. The normalized spacial score (nSPS) is 19.9. The molecule has 236 valence electrons. The molecule has 0 amide bonds. The lowest BCUT2D eigenvalue weighted by Gasteiger charge is -2.21. The van der Waals surface area contributed by atoms with Crippen molar-refractivity contribution >= 4 is 75.8 Å². The number of fused-ring (bicyclic) bond motifs is 9. The Labute approximate surface area is 335 Å². The van der Waals surface area contributed by atoms with Crippen molar-refractivity contribution in [1.29, 1.82) is 0 Å². The maximum absolute atomic E-state index is 10.2. The van der Waals surface area contributed by atoms with E-state index in [2.05, 4.69) is 0 Å². The van der Waals surface area contributed by atoms with E-state index in [0.29, 0.717) is 0 Å². The van der Waals surface area contributed by atoms with Crippen molar-refractivity contribution in [1.82, 2.24) is 0 Å². The van der Waals surface area contributed by atoms with Gasteiger partial charge in [0.2, 0.25) is 0 Å². The zero-order chi connectivity index (χ0) is 58.7. The molecular weight excluding hydrogens is 617 g/mol. The summed E-state index contributed by atoms with van der Waals surface area (Å²) >= 11 is 0. The maximum Gasteiger partial charge on any atom is 0.143 e. The standard InChI is InChI=1S/C50H30O/c1-2-16-34-30-45(44(29-33(34)15-1)42-25-12-26-46-49(42)43-28-27-32-14-4-6-19-36(32)50(43)51-46)48-40-22-9-7-20-38(40)47(39-21-8-10-23-41(39)48)37-24-11-17-31-13-3-5-18-35(31)37/h1-30H/i1D,2D,3D,4D,5D,6D,7D,8D,9D,10D,11D,12D,13D,14D,15D,16D,17D,18D,20D,21D,22D,23D,24D,25D,26D,27D,28D,29D,30D. The number of hydrogen-bond donors (Lipinski definition) is 0. The van der Waals surface area contributed by atoms with Crippen LogP contribution in [-0.4, -0.2) is 0 Å². The lowest BCUT2D eigenvalue weighted by molar-refractivity contribution is 0.673. The zero-order valence-electron chi connectivity index (χ0n) is 54.5. The first-order chi connectivity index (χ1) is 37.4. The zero-order valence-corrected chi connectivity index (χ0v) is 25.5. The minimum absolute atomic E-state index is 0.230. The molecule has 0 unspecified atom stereocenters. The van der Waals surface area contributed by atoms with Crippen molar-refractivity contribution in [2.75, 3.05) is 0 Å².